The van der Waals surface area contributed by atoms with Crippen LogP contribution < -0.4 is 10.3 Å². The zero-order chi connectivity index (χ0) is 17.9. The predicted molar refractivity (Wildman–Crippen MR) is 95.8 cm³/mol. The number of fused-ring (bicyclic) bond motifs is 1. The van der Waals surface area contributed by atoms with Crippen LogP contribution in [0.4, 0.5) is 0 Å². The molecular formula is C19H20N4O3. The first-order valence-corrected chi connectivity index (χ1v) is 8.71. The standard InChI is InChI=1S/C19H20N4O3/c1-2-25-19-21-17(22-26-19)15-10-14-12-23(9-8-16(14)20-18(15)24)11-13-6-4-3-5-7-13/h3-7,10H,2,8-9,11-12H2,1H3,(H,20,24). The summed E-state index contributed by atoms with van der Waals surface area (Å²) < 4.78 is 10.2. The summed E-state index contributed by atoms with van der Waals surface area (Å²) in [4.78, 5) is 21.9. The second kappa shape index (κ2) is 7.13. The molecule has 0 atom stereocenters. The Balaban J connectivity index is 1.58. The lowest BCUT2D eigenvalue weighted by Gasteiger charge is -2.28. The van der Waals surface area contributed by atoms with Crippen LogP contribution in [0.15, 0.2) is 45.7 Å². The molecule has 0 saturated carbocycles. The van der Waals surface area contributed by atoms with Crippen molar-refractivity contribution in [1.82, 2.24) is 20.0 Å². The molecule has 134 valence electrons. The Bertz CT molecular complexity index is 949. The van der Waals surface area contributed by atoms with Crippen LogP contribution in [0.1, 0.15) is 23.7 Å². The summed E-state index contributed by atoms with van der Waals surface area (Å²) in [6, 6.07) is 12.2. The topological polar surface area (TPSA) is 84.2 Å². The highest BCUT2D eigenvalue weighted by molar-refractivity contribution is 5.55. The smallest absolute Gasteiger partial charge is 0.417 e. The molecule has 0 saturated heterocycles. The van der Waals surface area contributed by atoms with Crippen LogP contribution >= 0.6 is 0 Å². The Hall–Kier alpha value is -2.93. The van der Waals surface area contributed by atoms with Gasteiger partial charge in [0.15, 0.2) is 0 Å². The van der Waals surface area contributed by atoms with Crippen LogP contribution in [0.3, 0.4) is 0 Å². The van der Waals surface area contributed by atoms with Crippen molar-refractivity contribution in [2.75, 3.05) is 13.2 Å². The molecule has 2 aromatic heterocycles. The Morgan fingerprint density at radius 3 is 2.96 bits per heavy atom. The van der Waals surface area contributed by atoms with Gasteiger partial charge in [-0.3, -0.25) is 14.2 Å². The molecule has 0 bridgehead atoms. The zero-order valence-electron chi connectivity index (χ0n) is 14.6. The highest BCUT2D eigenvalue weighted by atomic mass is 16.6. The van der Waals surface area contributed by atoms with E-state index in [9.17, 15) is 4.79 Å². The van der Waals surface area contributed by atoms with Crippen molar-refractivity contribution in [2.24, 2.45) is 0 Å². The van der Waals surface area contributed by atoms with E-state index in [2.05, 4.69) is 44.3 Å². The van der Waals surface area contributed by atoms with E-state index in [0.717, 1.165) is 37.3 Å². The molecule has 1 aliphatic heterocycles. The van der Waals surface area contributed by atoms with E-state index in [-0.39, 0.29) is 17.5 Å². The molecule has 0 radical (unpaired) electrons. The number of hydrogen-bond donors (Lipinski definition) is 1. The number of H-pyrrole nitrogens is 1. The van der Waals surface area contributed by atoms with Gasteiger partial charge in [0.2, 0.25) is 5.82 Å². The number of rotatable bonds is 5. The van der Waals surface area contributed by atoms with Gasteiger partial charge in [-0.1, -0.05) is 35.5 Å². The monoisotopic (exact) mass is 352 g/mol. The Morgan fingerprint density at radius 1 is 1.31 bits per heavy atom. The summed E-state index contributed by atoms with van der Waals surface area (Å²) in [7, 11) is 0. The zero-order valence-corrected chi connectivity index (χ0v) is 14.6. The SMILES string of the molecule is CCOc1nc(-c2cc3c([nH]c2=O)CCN(Cc2ccccc2)C3)no1. The van der Waals surface area contributed by atoms with Crippen molar-refractivity contribution in [3.05, 3.63) is 63.6 Å². The lowest BCUT2D eigenvalue weighted by molar-refractivity contribution is 0.215. The molecule has 0 unspecified atom stereocenters. The summed E-state index contributed by atoms with van der Waals surface area (Å²) in [6.07, 6.45) is 0.888. The lowest BCUT2D eigenvalue weighted by atomic mass is 10.0. The molecule has 0 amide bonds. The molecule has 1 N–H and O–H groups in total. The number of aromatic nitrogens is 3. The largest absolute Gasteiger partial charge is 0.449 e. The molecule has 4 rings (SSSR count). The van der Waals surface area contributed by atoms with Crippen molar-refractivity contribution in [2.45, 2.75) is 26.4 Å². The minimum absolute atomic E-state index is 0.0744. The maximum absolute atomic E-state index is 12.4. The fourth-order valence-corrected chi connectivity index (χ4v) is 3.21. The third-order valence-corrected chi connectivity index (χ3v) is 4.45. The average molecular weight is 352 g/mol. The summed E-state index contributed by atoms with van der Waals surface area (Å²) in [5.41, 5.74) is 3.55. The molecule has 26 heavy (non-hydrogen) atoms. The fourth-order valence-electron chi connectivity index (χ4n) is 3.21. The van der Waals surface area contributed by atoms with Gasteiger partial charge in [0.05, 0.1) is 12.2 Å². The number of aromatic amines is 1. The first-order valence-electron chi connectivity index (χ1n) is 8.71. The van der Waals surface area contributed by atoms with Crippen molar-refractivity contribution in [3.8, 4) is 17.5 Å². The van der Waals surface area contributed by atoms with E-state index in [1.807, 2.05) is 19.1 Å². The molecule has 1 aliphatic rings. The minimum atomic E-state index is -0.205. The van der Waals surface area contributed by atoms with Gasteiger partial charge in [0.1, 0.15) is 0 Å². The van der Waals surface area contributed by atoms with Crippen LogP contribution in [0, 0.1) is 0 Å². The quantitative estimate of drug-likeness (QED) is 0.759. The van der Waals surface area contributed by atoms with Crippen LogP contribution in [-0.2, 0) is 19.5 Å². The summed E-state index contributed by atoms with van der Waals surface area (Å²) in [5.74, 6) is 0.248. The highest BCUT2D eigenvalue weighted by Crippen LogP contribution is 2.22. The van der Waals surface area contributed by atoms with Crippen molar-refractivity contribution in [1.29, 1.82) is 0 Å². The second-order valence-electron chi connectivity index (χ2n) is 6.28. The number of hydrogen-bond acceptors (Lipinski definition) is 6. The molecule has 3 heterocycles. The molecule has 0 aliphatic carbocycles. The summed E-state index contributed by atoms with van der Waals surface area (Å²) in [6.45, 7) is 4.82. The van der Waals surface area contributed by atoms with Gasteiger partial charge in [-0.25, -0.2) is 0 Å². The molecule has 7 nitrogen and oxygen atoms in total. The van der Waals surface area contributed by atoms with Gasteiger partial charge in [-0.15, -0.1) is 0 Å². The number of nitrogens with zero attached hydrogens (tertiary/aromatic N) is 3. The fraction of sp³-hybridized carbons (Fsp3) is 0.316. The lowest BCUT2D eigenvalue weighted by Crippen LogP contribution is -2.32. The number of nitrogens with one attached hydrogen (secondary N) is 1. The highest BCUT2D eigenvalue weighted by Gasteiger charge is 2.21. The maximum atomic E-state index is 12.4. The van der Waals surface area contributed by atoms with Gasteiger partial charge in [-0.2, -0.15) is 4.98 Å². The molecule has 0 spiro atoms. The van der Waals surface area contributed by atoms with E-state index in [0.29, 0.717) is 12.2 Å². The third kappa shape index (κ3) is 3.39. The summed E-state index contributed by atoms with van der Waals surface area (Å²) >= 11 is 0. The molecule has 1 aromatic carbocycles. The van der Waals surface area contributed by atoms with Gasteiger partial charge in [-0.05, 0) is 24.1 Å². The Morgan fingerprint density at radius 2 is 2.15 bits per heavy atom. The average Bonchev–Trinajstić information content (AvgIpc) is 3.11. The molecule has 3 aromatic rings. The Labute approximate surface area is 150 Å². The number of benzene rings is 1. The van der Waals surface area contributed by atoms with Crippen molar-refractivity contribution in [3.63, 3.8) is 0 Å². The second-order valence-corrected chi connectivity index (χ2v) is 6.28. The van der Waals surface area contributed by atoms with Crippen LogP contribution in [0.5, 0.6) is 6.08 Å². The van der Waals surface area contributed by atoms with Crippen molar-refractivity contribution < 1.29 is 9.26 Å². The van der Waals surface area contributed by atoms with E-state index >= 15 is 0 Å². The van der Waals surface area contributed by atoms with E-state index < -0.39 is 0 Å². The minimum Gasteiger partial charge on any atom is -0.449 e. The summed E-state index contributed by atoms with van der Waals surface area (Å²) in [5, 5.41) is 3.86. The van der Waals surface area contributed by atoms with Gasteiger partial charge in [0.25, 0.3) is 5.56 Å². The van der Waals surface area contributed by atoms with E-state index in [1.165, 1.54) is 5.56 Å². The third-order valence-electron chi connectivity index (χ3n) is 4.45. The molecule has 0 fully saturated rings. The van der Waals surface area contributed by atoms with Crippen LogP contribution in [-0.4, -0.2) is 33.2 Å². The molecule has 7 heteroatoms. The van der Waals surface area contributed by atoms with E-state index in [4.69, 9.17) is 9.26 Å². The molecular weight excluding hydrogens is 332 g/mol. The number of ether oxygens (including phenoxy) is 1. The van der Waals surface area contributed by atoms with Crippen LogP contribution in [0.2, 0.25) is 0 Å². The Kier molecular flexibility index (Phi) is 4.53. The van der Waals surface area contributed by atoms with Gasteiger partial charge >= 0.3 is 6.08 Å². The number of pyridine rings is 1. The van der Waals surface area contributed by atoms with Gasteiger partial charge < -0.3 is 9.72 Å². The predicted octanol–water partition coefficient (Wildman–Crippen LogP) is 2.38. The first kappa shape index (κ1) is 16.5. The van der Waals surface area contributed by atoms with Gasteiger partial charge in [0, 0.05) is 31.7 Å². The first-order chi connectivity index (χ1) is 12.7. The van der Waals surface area contributed by atoms with Crippen molar-refractivity contribution >= 4 is 0 Å². The normalized spacial score (nSPS) is 14.2. The van der Waals surface area contributed by atoms with Crippen LogP contribution in [0.25, 0.3) is 11.4 Å². The maximum Gasteiger partial charge on any atom is 0.417 e. The van der Waals surface area contributed by atoms with E-state index in [1.54, 1.807) is 0 Å².